The topological polar surface area (TPSA) is 62.5 Å². The van der Waals surface area contributed by atoms with Crippen LogP contribution in [0.25, 0.3) is 0 Å². The molecule has 5 heteroatoms. The average Bonchev–Trinajstić information content (AvgIpc) is 2.71. The molecule has 0 saturated carbocycles. The Morgan fingerprint density at radius 3 is 3.19 bits per heavy atom. The van der Waals surface area contributed by atoms with E-state index in [0.29, 0.717) is 12.3 Å². The standard InChI is InChI=1S/C11H15NO3S/c1-2-6-16-7-4-12-8-10-9(11(13)14)3-5-15-10/h2-3,5,12H,1,4,6-8H2,(H,13,14). The first kappa shape index (κ1) is 12.9. The zero-order valence-electron chi connectivity index (χ0n) is 8.94. The van der Waals surface area contributed by atoms with Crippen LogP contribution in [0.2, 0.25) is 0 Å². The molecule has 0 atom stereocenters. The van der Waals surface area contributed by atoms with E-state index in [1.165, 1.54) is 12.3 Å². The van der Waals surface area contributed by atoms with Gasteiger partial charge in [0.25, 0.3) is 0 Å². The third-order valence-electron chi connectivity index (χ3n) is 1.92. The molecular formula is C11H15NO3S. The minimum Gasteiger partial charge on any atom is -0.478 e. The van der Waals surface area contributed by atoms with Gasteiger partial charge in [-0.2, -0.15) is 11.8 Å². The number of aromatic carboxylic acids is 1. The van der Waals surface area contributed by atoms with Gasteiger partial charge in [0.2, 0.25) is 0 Å². The Labute approximate surface area is 98.7 Å². The minimum atomic E-state index is -0.952. The lowest BCUT2D eigenvalue weighted by atomic mass is 10.2. The molecule has 0 unspecified atom stereocenters. The maximum atomic E-state index is 10.8. The van der Waals surface area contributed by atoms with Crippen molar-refractivity contribution in [2.75, 3.05) is 18.1 Å². The zero-order chi connectivity index (χ0) is 11.8. The van der Waals surface area contributed by atoms with Crippen molar-refractivity contribution in [1.29, 1.82) is 0 Å². The summed E-state index contributed by atoms with van der Waals surface area (Å²) in [5.41, 5.74) is 0.228. The summed E-state index contributed by atoms with van der Waals surface area (Å²) < 4.78 is 5.09. The molecule has 0 spiro atoms. The Hall–Kier alpha value is -1.20. The highest BCUT2D eigenvalue weighted by Gasteiger charge is 2.12. The summed E-state index contributed by atoms with van der Waals surface area (Å²) in [5, 5.41) is 12.0. The van der Waals surface area contributed by atoms with Crippen LogP contribution in [0.3, 0.4) is 0 Å². The first-order valence-electron chi connectivity index (χ1n) is 4.94. The molecule has 1 heterocycles. The van der Waals surface area contributed by atoms with Crippen molar-refractivity contribution in [3.63, 3.8) is 0 Å². The SMILES string of the molecule is C=CCSCCNCc1occc1C(=O)O. The Morgan fingerprint density at radius 2 is 2.50 bits per heavy atom. The largest absolute Gasteiger partial charge is 0.478 e. The normalized spacial score (nSPS) is 10.2. The van der Waals surface area contributed by atoms with E-state index in [1.54, 1.807) is 11.8 Å². The molecule has 0 aliphatic carbocycles. The van der Waals surface area contributed by atoms with Crippen LogP contribution in [0.4, 0.5) is 0 Å². The molecule has 0 radical (unpaired) electrons. The third-order valence-corrected chi connectivity index (χ3v) is 2.88. The summed E-state index contributed by atoms with van der Waals surface area (Å²) in [7, 11) is 0. The Balaban J connectivity index is 2.24. The second-order valence-corrected chi connectivity index (χ2v) is 4.25. The molecule has 16 heavy (non-hydrogen) atoms. The molecule has 0 aliphatic heterocycles. The van der Waals surface area contributed by atoms with Gasteiger partial charge in [0.15, 0.2) is 0 Å². The number of carbonyl (C=O) groups is 1. The molecular weight excluding hydrogens is 226 g/mol. The molecule has 0 aromatic carbocycles. The molecule has 0 amide bonds. The van der Waals surface area contributed by atoms with Gasteiger partial charge in [0.1, 0.15) is 11.3 Å². The van der Waals surface area contributed by atoms with Gasteiger partial charge in [-0.25, -0.2) is 4.79 Å². The van der Waals surface area contributed by atoms with Crippen molar-refractivity contribution in [3.05, 3.63) is 36.3 Å². The highest BCUT2D eigenvalue weighted by atomic mass is 32.2. The molecule has 1 rings (SSSR count). The number of nitrogens with one attached hydrogen (secondary N) is 1. The molecule has 0 fully saturated rings. The van der Waals surface area contributed by atoms with Crippen LogP contribution in [0.5, 0.6) is 0 Å². The van der Waals surface area contributed by atoms with Gasteiger partial charge >= 0.3 is 5.97 Å². The van der Waals surface area contributed by atoms with Crippen molar-refractivity contribution in [1.82, 2.24) is 5.32 Å². The fraction of sp³-hybridized carbons (Fsp3) is 0.364. The van der Waals surface area contributed by atoms with Gasteiger partial charge in [-0.15, -0.1) is 6.58 Å². The maximum absolute atomic E-state index is 10.8. The molecule has 88 valence electrons. The zero-order valence-corrected chi connectivity index (χ0v) is 9.76. The highest BCUT2D eigenvalue weighted by Crippen LogP contribution is 2.09. The monoisotopic (exact) mass is 241 g/mol. The first-order valence-corrected chi connectivity index (χ1v) is 6.10. The van der Waals surface area contributed by atoms with Crippen molar-refractivity contribution >= 4 is 17.7 Å². The number of rotatable bonds is 8. The van der Waals surface area contributed by atoms with Gasteiger partial charge < -0.3 is 14.8 Å². The molecule has 4 nitrogen and oxygen atoms in total. The Bertz CT molecular complexity index is 349. The van der Waals surface area contributed by atoms with Gasteiger partial charge in [-0.05, 0) is 6.07 Å². The fourth-order valence-electron chi connectivity index (χ4n) is 1.18. The summed E-state index contributed by atoms with van der Waals surface area (Å²) in [6.45, 7) is 4.89. The smallest absolute Gasteiger partial charge is 0.339 e. The molecule has 0 saturated heterocycles. The molecule has 0 bridgehead atoms. The number of carboxylic acids is 1. The lowest BCUT2D eigenvalue weighted by Crippen LogP contribution is -2.17. The lowest BCUT2D eigenvalue weighted by Gasteiger charge is -2.02. The predicted octanol–water partition coefficient (Wildman–Crippen LogP) is 1.99. The van der Waals surface area contributed by atoms with Gasteiger partial charge in [-0.3, -0.25) is 0 Å². The van der Waals surface area contributed by atoms with Gasteiger partial charge in [0, 0.05) is 18.1 Å². The van der Waals surface area contributed by atoms with E-state index in [-0.39, 0.29) is 5.56 Å². The minimum absolute atomic E-state index is 0.228. The van der Waals surface area contributed by atoms with Crippen LogP contribution in [-0.2, 0) is 6.54 Å². The Morgan fingerprint density at radius 1 is 1.69 bits per heavy atom. The van der Waals surface area contributed by atoms with E-state index < -0.39 is 5.97 Å². The van der Waals surface area contributed by atoms with Crippen LogP contribution in [0.1, 0.15) is 16.1 Å². The lowest BCUT2D eigenvalue weighted by molar-refractivity contribution is 0.0694. The van der Waals surface area contributed by atoms with E-state index >= 15 is 0 Å². The quantitative estimate of drug-likeness (QED) is 0.538. The average molecular weight is 241 g/mol. The van der Waals surface area contributed by atoms with Crippen LogP contribution in [0.15, 0.2) is 29.4 Å². The van der Waals surface area contributed by atoms with Crippen LogP contribution in [-0.4, -0.2) is 29.1 Å². The van der Waals surface area contributed by atoms with E-state index in [4.69, 9.17) is 9.52 Å². The third kappa shape index (κ3) is 4.12. The maximum Gasteiger partial charge on any atom is 0.339 e. The van der Waals surface area contributed by atoms with Crippen LogP contribution < -0.4 is 5.32 Å². The highest BCUT2D eigenvalue weighted by molar-refractivity contribution is 7.99. The summed E-state index contributed by atoms with van der Waals surface area (Å²) >= 11 is 1.77. The van der Waals surface area contributed by atoms with E-state index in [1.807, 2.05) is 6.08 Å². The second-order valence-electron chi connectivity index (χ2n) is 3.10. The number of hydrogen-bond donors (Lipinski definition) is 2. The van der Waals surface area contributed by atoms with Crippen molar-refractivity contribution in [2.24, 2.45) is 0 Å². The van der Waals surface area contributed by atoms with E-state index in [2.05, 4.69) is 11.9 Å². The van der Waals surface area contributed by atoms with Crippen molar-refractivity contribution in [3.8, 4) is 0 Å². The Kier molecular flexibility index (Phi) is 5.74. The molecule has 1 aromatic heterocycles. The molecule has 0 aliphatic rings. The van der Waals surface area contributed by atoms with Gasteiger partial charge in [-0.1, -0.05) is 6.08 Å². The number of thioether (sulfide) groups is 1. The van der Waals surface area contributed by atoms with Crippen LogP contribution >= 0.6 is 11.8 Å². The van der Waals surface area contributed by atoms with E-state index in [0.717, 1.165) is 18.1 Å². The number of furan rings is 1. The molecule has 2 N–H and O–H groups in total. The summed E-state index contributed by atoms with van der Waals surface area (Å²) in [4.78, 5) is 10.8. The fourth-order valence-corrected chi connectivity index (χ4v) is 1.80. The molecule has 1 aromatic rings. The summed E-state index contributed by atoms with van der Waals surface area (Å²) in [6, 6.07) is 1.46. The summed E-state index contributed by atoms with van der Waals surface area (Å²) in [6.07, 6.45) is 3.26. The first-order chi connectivity index (χ1) is 7.75. The number of hydrogen-bond acceptors (Lipinski definition) is 4. The van der Waals surface area contributed by atoms with Gasteiger partial charge in [0.05, 0.1) is 12.8 Å². The second kappa shape index (κ2) is 7.14. The van der Waals surface area contributed by atoms with Crippen molar-refractivity contribution < 1.29 is 14.3 Å². The van der Waals surface area contributed by atoms with Crippen molar-refractivity contribution in [2.45, 2.75) is 6.54 Å². The van der Waals surface area contributed by atoms with Crippen LogP contribution in [0, 0.1) is 0 Å². The summed E-state index contributed by atoms with van der Waals surface area (Å²) in [5.74, 6) is 1.42. The number of carboxylic acid groups (broad SMARTS) is 1. The predicted molar refractivity (Wildman–Crippen MR) is 64.9 cm³/mol. The van der Waals surface area contributed by atoms with E-state index in [9.17, 15) is 4.79 Å².